The van der Waals surface area contributed by atoms with Crippen molar-refractivity contribution in [2.45, 2.75) is 46.1 Å². The van der Waals surface area contributed by atoms with E-state index >= 15 is 0 Å². The molecule has 1 aliphatic heterocycles. The molecule has 1 saturated heterocycles. The molecule has 1 fully saturated rings. The van der Waals surface area contributed by atoms with E-state index in [1.165, 1.54) is 6.92 Å². The Morgan fingerprint density at radius 2 is 1.79 bits per heavy atom. The highest BCUT2D eigenvalue weighted by Gasteiger charge is 2.26. The standard InChI is InChI=1S/C14H24N2O3/c1-4-9-16(12-5-7-15-8-6-12)13(17)10(2)11(3)14(18)19/h12,15H,4-9H2,1-3H3,(H,18,19). The number of carboxylic acid groups (broad SMARTS) is 1. The number of hydrogen-bond acceptors (Lipinski definition) is 3. The minimum Gasteiger partial charge on any atom is -0.478 e. The Hall–Kier alpha value is -1.36. The van der Waals surface area contributed by atoms with Crippen molar-refractivity contribution < 1.29 is 14.7 Å². The van der Waals surface area contributed by atoms with Crippen molar-refractivity contribution in [3.63, 3.8) is 0 Å². The van der Waals surface area contributed by atoms with Gasteiger partial charge >= 0.3 is 5.97 Å². The Bertz CT molecular complexity index is 371. The van der Waals surface area contributed by atoms with Crippen molar-refractivity contribution in [3.05, 3.63) is 11.1 Å². The van der Waals surface area contributed by atoms with E-state index in [1.54, 1.807) is 6.92 Å². The van der Waals surface area contributed by atoms with E-state index in [4.69, 9.17) is 5.11 Å². The summed E-state index contributed by atoms with van der Waals surface area (Å²) in [7, 11) is 0. The van der Waals surface area contributed by atoms with Crippen LogP contribution in [-0.2, 0) is 9.59 Å². The fourth-order valence-corrected chi connectivity index (χ4v) is 2.35. The lowest BCUT2D eigenvalue weighted by Gasteiger charge is -2.35. The molecule has 1 rings (SSSR count). The number of carbonyl (C=O) groups is 2. The topological polar surface area (TPSA) is 69.6 Å². The van der Waals surface area contributed by atoms with Gasteiger partial charge < -0.3 is 15.3 Å². The van der Waals surface area contributed by atoms with Crippen molar-refractivity contribution in [2.24, 2.45) is 0 Å². The summed E-state index contributed by atoms with van der Waals surface area (Å²) in [5.41, 5.74) is 0.486. The first-order chi connectivity index (χ1) is 8.99. The van der Waals surface area contributed by atoms with Gasteiger partial charge in [-0.1, -0.05) is 6.92 Å². The van der Waals surface area contributed by atoms with Gasteiger partial charge in [0.2, 0.25) is 5.91 Å². The zero-order valence-electron chi connectivity index (χ0n) is 12.0. The van der Waals surface area contributed by atoms with Gasteiger partial charge in [0.05, 0.1) is 0 Å². The summed E-state index contributed by atoms with van der Waals surface area (Å²) >= 11 is 0. The predicted molar refractivity (Wildman–Crippen MR) is 73.9 cm³/mol. The lowest BCUT2D eigenvalue weighted by Crippen LogP contribution is -2.47. The molecule has 0 radical (unpaired) electrons. The average Bonchev–Trinajstić information content (AvgIpc) is 2.43. The van der Waals surface area contributed by atoms with Gasteiger partial charge in [-0.15, -0.1) is 0 Å². The molecule has 5 nitrogen and oxygen atoms in total. The number of nitrogens with zero attached hydrogens (tertiary/aromatic N) is 1. The number of piperidine rings is 1. The SMILES string of the molecule is CCCN(C(=O)C(C)=C(C)C(=O)O)C1CCNCC1. The zero-order chi connectivity index (χ0) is 14.4. The Balaban J connectivity index is 2.88. The molecule has 0 aromatic carbocycles. The van der Waals surface area contributed by atoms with Gasteiger partial charge in [0, 0.05) is 23.7 Å². The summed E-state index contributed by atoms with van der Waals surface area (Å²) in [5.74, 6) is -1.15. The molecule has 108 valence electrons. The van der Waals surface area contributed by atoms with Crippen LogP contribution in [-0.4, -0.2) is 47.6 Å². The zero-order valence-corrected chi connectivity index (χ0v) is 12.0. The van der Waals surface area contributed by atoms with Gasteiger partial charge in [0.15, 0.2) is 0 Å². The first-order valence-electron chi connectivity index (χ1n) is 6.91. The Kier molecular flexibility index (Phi) is 6.02. The number of hydrogen-bond donors (Lipinski definition) is 2. The molecule has 1 heterocycles. The van der Waals surface area contributed by atoms with Crippen LogP contribution in [0.25, 0.3) is 0 Å². The highest BCUT2D eigenvalue weighted by atomic mass is 16.4. The first-order valence-corrected chi connectivity index (χ1v) is 6.91. The van der Waals surface area contributed by atoms with E-state index in [2.05, 4.69) is 5.32 Å². The van der Waals surface area contributed by atoms with E-state index in [1.807, 2.05) is 11.8 Å². The van der Waals surface area contributed by atoms with Gasteiger partial charge in [0.1, 0.15) is 0 Å². The molecule has 0 atom stereocenters. The summed E-state index contributed by atoms with van der Waals surface area (Å²) in [5, 5.41) is 12.3. The smallest absolute Gasteiger partial charge is 0.331 e. The third kappa shape index (κ3) is 4.06. The predicted octanol–water partition coefficient (Wildman–Crippen LogP) is 1.40. The number of aliphatic carboxylic acids is 1. The molecule has 0 spiro atoms. The van der Waals surface area contributed by atoms with Gasteiger partial charge in [0.25, 0.3) is 0 Å². The minimum atomic E-state index is -1.02. The van der Waals surface area contributed by atoms with Crippen molar-refractivity contribution in [1.29, 1.82) is 0 Å². The van der Waals surface area contributed by atoms with E-state index in [9.17, 15) is 9.59 Å². The van der Waals surface area contributed by atoms with Crippen LogP contribution in [0.4, 0.5) is 0 Å². The van der Waals surface area contributed by atoms with E-state index in [-0.39, 0.29) is 17.5 Å². The normalized spacial score (nSPS) is 17.8. The van der Waals surface area contributed by atoms with Crippen molar-refractivity contribution in [1.82, 2.24) is 10.2 Å². The monoisotopic (exact) mass is 268 g/mol. The summed E-state index contributed by atoms with van der Waals surface area (Å²) in [6, 6.07) is 0.227. The maximum atomic E-state index is 12.5. The molecule has 1 aliphatic rings. The lowest BCUT2D eigenvalue weighted by atomic mass is 10.0. The number of carboxylic acids is 1. The average molecular weight is 268 g/mol. The molecule has 5 heteroatoms. The second-order valence-corrected chi connectivity index (χ2v) is 5.03. The third-order valence-corrected chi connectivity index (χ3v) is 3.68. The highest BCUT2D eigenvalue weighted by molar-refractivity contribution is 6.01. The molecule has 0 aromatic heterocycles. The van der Waals surface area contributed by atoms with Crippen molar-refractivity contribution >= 4 is 11.9 Å². The lowest BCUT2D eigenvalue weighted by molar-refractivity contribution is -0.134. The van der Waals surface area contributed by atoms with Crippen LogP contribution >= 0.6 is 0 Å². The summed E-state index contributed by atoms with van der Waals surface area (Å²) in [6.45, 7) is 7.65. The number of rotatable bonds is 5. The Morgan fingerprint density at radius 1 is 1.21 bits per heavy atom. The molecule has 0 bridgehead atoms. The fourth-order valence-electron chi connectivity index (χ4n) is 2.35. The number of amides is 1. The number of nitrogens with one attached hydrogen (secondary N) is 1. The number of carbonyl (C=O) groups excluding carboxylic acids is 1. The quantitative estimate of drug-likeness (QED) is 0.739. The van der Waals surface area contributed by atoms with Gasteiger partial charge in [-0.25, -0.2) is 4.79 Å². The molecule has 0 aromatic rings. The molecule has 1 amide bonds. The molecule has 0 aliphatic carbocycles. The maximum Gasteiger partial charge on any atom is 0.331 e. The Morgan fingerprint density at radius 3 is 2.26 bits per heavy atom. The van der Waals surface area contributed by atoms with Crippen LogP contribution in [0.1, 0.15) is 40.0 Å². The molecule has 0 unspecified atom stereocenters. The Labute approximate surface area is 114 Å². The van der Waals surface area contributed by atoms with Crippen LogP contribution in [0.2, 0.25) is 0 Å². The first kappa shape index (κ1) is 15.7. The molecular weight excluding hydrogens is 244 g/mol. The second kappa shape index (κ2) is 7.28. The van der Waals surface area contributed by atoms with Gasteiger partial charge in [-0.05, 0) is 46.2 Å². The van der Waals surface area contributed by atoms with E-state index < -0.39 is 5.97 Å². The van der Waals surface area contributed by atoms with Gasteiger partial charge in [-0.3, -0.25) is 4.79 Å². The van der Waals surface area contributed by atoms with Crippen LogP contribution in [0.5, 0.6) is 0 Å². The largest absolute Gasteiger partial charge is 0.478 e. The van der Waals surface area contributed by atoms with Gasteiger partial charge in [-0.2, -0.15) is 0 Å². The molecule has 19 heavy (non-hydrogen) atoms. The minimum absolute atomic E-state index is 0.131. The van der Waals surface area contributed by atoms with Crippen LogP contribution in [0, 0.1) is 0 Å². The molecular formula is C14H24N2O3. The van der Waals surface area contributed by atoms with Crippen LogP contribution < -0.4 is 5.32 Å². The van der Waals surface area contributed by atoms with E-state index in [0.29, 0.717) is 12.1 Å². The van der Waals surface area contributed by atoms with Crippen molar-refractivity contribution in [3.8, 4) is 0 Å². The van der Waals surface area contributed by atoms with Crippen molar-refractivity contribution in [2.75, 3.05) is 19.6 Å². The van der Waals surface area contributed by atoms with Crippen LogP contribution in [0.15, 0.2) is 11.1 Å². The van der Waals surface area contributed by atoms with E-state index in [0.717, 1.165) is 32.4 Å². The van der Waals surface area contributed by atoms with Crippen LogP contribution in [0.3, 0.4) is 0 Å². The molecule has 0 saturated carbocycles. The summed E-state index contributed by atoms with van der Waals surface area (Å²) < 4.78 is 0. The maximum absolute atomic E-state index is 12.5. The second-order valence-electron chi connectivity index (χ2n) is 5.03. The highest BCUT2D eigenvalue weighted by Crippen LogP contribution is 2.17. The summed E-state index contributed by atoms with van der Waals surface area (Å²) in [4.78, 5) is 25.3. The summed E-state index contributed by atoms with van der Waals surface area (Å²) in [6.07, 6.45) is 2.76. The third-order valence-electron chi connectivity index (χ3n) is 3.68. The molecule has 2 N–H and O–H groups in total. The fraction of sp³-hybridized carbons (Fsp3) is 0.714.